The highest BCUT2D eigenvalue weighted by Crippen LogP contribution is 2.29. The van der Waals surface area contributed by atoms with Crippen molar-refractivity contribution < 1.29 is 26.7 Å². The number of benzene rings is 2. The van der Waals surface area contributed by atoms with Crippen LogP contribution in [0.3, 0.4) is 0 Å². The largest absolute Gasteiger partial charge is 0.451 e. The lowest BCUT2D eigenvalue weighted by Crippen LogP contribution is -2.16. The lowest BCUT2D eigenvalue weighted by atomic mass is 10.2. The minimum Gasteiger partial charge on any atom is -0.451 e. The van der Waals surface area contributed by atoms with Crippen molar-refractivity contribution in [3.8, 4) is 0 Å². The Morgan fingerprint density at radius 2 is 1.74 bits per heavy atom. The summed E-state index contributed by atoms with van der Waals surface area (Å²) in [5.74, 6) is -1.06. The summed E-state index contributed by atoms with van der Waals surface area (Å²) in [6.45, 7) is -1.47. The van der Waals surface area contributed by atoms with E-state index in [-0.39, 0.29) is 21.8 Å². The third-order valence-corrected chi connectivity index (χ3v) is 5.13. The third-order valence-electron chi connectivity index (χ3n) is 3.97. The highest BCUT2D eigenvalue weighted by atomic mass is 32.2. The third kappa shape index (κ3) is 3.68. The zero-order valence-electron chi connectivity index (χ0n) is 14.5. The summed E-state index contributed by atoms with van der Waals surface area (Å²) < 4.78 is 56.7. The number of sulfone groups is 1. The summed E-state index contributed by atoms with van der Waals surface area (Å²) in [6.07, 6.45) is -0.148. The van der Waals surface area contributed by atoms with Crippen LogP contribution in [0.5, 0.6) is 0 Å². The highest BCUT2D eigenvalue weighted by molar-refractivity contribution is 7.90. The van der Waals surface area contributed by atoms with E-state index in [0.717, 1.165) is 6.26 Å². The van der Waals surface area contributed by atoms with E-state index in [9.17, 15) is 22.0 Å². The molecule has 6 nitrogen and oxygen atoms in total. The average molecular weight is 394 g/mol. The first-order valence-electron chi connectivity index (χ1n) is 7.95. The van der Waals surface area contributed by atoms with Crippen LogP contribution < -0.4 is 0 Å². The van der Waals surface area contributed by atoms with E-state index >= 15 is 0 Å². The van der Waals surface area contributed by atoms with Gasteiger partial charge in [-0.15, -0.1) is 0 Å². The second kappa shape index (κ2) is 7.07. The zero-order valence-corrected chi connectivity index (χ0v) is 15.3. The molecule has 0 aliphatic carbocycles. The molecular formula is C18H16F2N2O4S. The van der Waals surface area contributed by atoms with Crippen LogP contribution >= 0.6 is 0 Å². The maximum absolute atomic E-state index is 13.5. The van der Waals surface area contributed by atoms with Gasteiger partial charge < -0.3 is 4.74 Å². The van der Waals surface area contributed by atoms with Gasteiger partial charge in [-0.1, -0.05) is 24.3 Å². The molecule has 0 bridgehead atoms. The number of alkyl halides is 2. The van der Waals surface area contributed by atoms with Crippen molar-refractivity contribution in [1.29, 1.82) is 0 Å². The number of ether oxygens (including phenoxy) is 1. The quantitative estimate of drug-likeness (QED) is 0.616. The number of fused-ring (bicyclic) bond motifs is 1. The molecule has 0 aliphatic rings. The van der Waals surface area contributed by atoms with Gasteiger partial charge in [-0.25, -0.2) is 18.2 Å². The molecule has 0 amide bonds. The lowest BCUT2D eigenvalue weighted by molar-refractivity contribution is 0.0229. The smallest absolute Gasteiger partial charge is 0.340 e. The van der Waals surface area contributed by atoms with E-state index in [0.29, 0.717) is 10.1 Å². The maximum atomic E-state index is 13.5. The number of esters is 1. The van der Waals surface area contributed by atoms with Gasteiger partial charge in [-0.3, -0.25) is 4.57 Å². The number of nitrogens with zero attached hydrogens (tertiary/aromatic N) is 2. The van der Waals surface area contributed by atoms with E-state index in [1.807, 2.05) is 0 Å². The number of aromatic nitrogens is 2. The molecule has 2 aromatic carbocycles. The minimum absolute atomic E-state index is 0.128. The Labute approximate surface area is 154 Å². The summed E-state index contributed by atoms with van der Waals surface area (Å²) in [5.41, 5.74) is 0.390. The Kier molecular flexibility index (Phi) is 4.97. The second-order valence-corrected chi connectivity index (χ2v) is 7.91. The second-order valence-electron chi connectivity index (χ2n) is 5.92. The normalized spacial score (nSPS) is 13.1. The van der Waals surface area contributed by atoms with E-state index in [1.165, 1.54) is 37.3 Å². The molecule has 1 aromatic heterocycles. The fourth-order valence-electron chi connectivity index (χ4n) is 2.79. The van der Waals surface area contributed by atoms with Gasteiger partial charge in [-0.2, -0.15) is 8.78 Å². The van der Waals surface area contributed by atoms with Gasteiger partial charge in [0.05, 0.1) is 21.5 Å². The van der Waals surface area contributed by atoms with Crippen LogP contribution in [-0.2, 0) is 14.6 Å². The Morgan fingerprint density at radius 3 is 2.41 bits per heavy atom. The summed E-state index contributed by atoms with van der Waals surface area (Å²) in [6, 6.07) is 11.9. The van der Waals surface area contributed by atoms with Crippen molar-refractivity contribution in [2.24, 2.45) is 0 Å². The van der Waals surface area contributed by atoms with Gasteiger partial charge in [0.2, 0.25) is 0 Å². The minimum atomic E-state index is -3.66. The van der Waals surface area contributed by atoms with Gasteiger partial charge in [-0.05, 0) is 31.2 Å². The van der Waals surface area contributed by atoms with Gasteiger partial charge in [0.15, 0.2) is 21.8 Å². The van der Waals surface area contributed by atoms with E-state index in [1.54, 1.807) is 18.2 Å². The first-order chi connectivity index (χ1) is 12.7. The Hall–Kier alpha value is -2.81. The fourth-order valence-corrected chi connectivity index (χ4v) is 3.67. The Balaban J connectivity index is 1.98. The SMILES string of the molecule is CC(OC(=O)c1ccccc1S(C)(=O)=O)c1nc2ccccc2n1C(F)F. The first kappa shape index (κ1) is 19.0. The van der Waals surface area contributed by atoms with E-state index in [2.05, 4.69) is 4.98 Å². The van der Waals surface area contributed by atoms with Crippen molar-refractivity contribution >= 4 is 26.8 Å². The number of halogens is 2. The van der Waals surface area contributed by atoms with Gasteiger partial charge in [0.1, 0.15) is 0 Å². The molecule has 0 N–H and O–H groups in total. The van der Waals surface area contributed by atoms with Crippen LogP contribution in [0, 0.1) is 0 Å². The van der Waals surface area contributed by atoms with E-state index in [4.69, 9.17) is 4.74 Å². The number of rotatable bonds is 5. The predicted molar refractivity (Wildman–Crippen MR) is 94.4 cm³/mol. The molecule has 1 atom stereocenters. The number of hydrogen-bond donors (Lipinski definition) is 0. The van der Waals surface area contributed by atoms with Crippen LogP contribution in [0.15, 0.2) is 53.4 Å². The van der Waals surface area contributed by atoms with Crippen molar-refractivity contribution in [3.05, 3.63) is 59.9 Å². The molecule has 142 valence electrons. The summed E-state index contributed by atoms with van der Waals surface area (Å²) in [7, 11) is -3.66. The molecule has 0 fully saturated rings. The molecule has 0 saturated heterocycles. The molecule has 0 saturated carbocycles. The van der Waals surface area contributed by atoms with E-state index < -0.39 is 28.5 Å². The summed E-state index contributed by atoms with van der Waals surface area (Å²) in [5, 5.41) is 0. The van der Waals surface area contributed by atoms with Crippen LogP contribution in [-0.4, -0.2) is 30.2 Å². The molecule has 1 heterocycles. The number of hydrogen-bond acceptors (Lipinski definition) is 5. The molecule has 9 heteroatoms. The molecule has 0 aliphatic heterocycles. The average Bonchev–Trinajstić information content (AvgIpc) is 3.01. The van der Waals surface area contributed by atoms with Gasteiger partial charge >= 0.3 is 12.5 Å². The molecule has 3 rings (SSSR count). The molecule has 3 aromatic rings. The van der Waals surface area contributed by atoms with Gasteiger partial charge in [0, 0.05) is 6.26 Å². The van der Waals surface area contributed by atoms with Crippen molar-refractivity contribution in [3.63, 3.8) is 0 Å². The van der Waals surface area contributed by atoms with Crippen LogP contribution in [0.1, 0.15) is 35.8 Å². The summed E-state index contributed by atoms with van der Waals surface area (Å²) in [4.78, 5) is 16.4. The van der Waals surface area contributed by atoms with Crippen LogP contribution in [0.25, 0.3) is 11.0 Å². The molecule has 0 spiro atoms. The molecule has 0 radical (unpaired) electrons. The number of imidazole rings is 1. The predicted octanol–water partition coefficient (Wildman–Crippen LogP) is 3.75. The van der Waals surface area contributed by atoms with Crippen molar-refractivity contribution in [2.75, 3.05) is 6.26 Å². The lowest BCUT2D eigenvalue weighted by Gasteiger charge is -2.16. The Bertz CT molecular complexity index is 1110. The first-order valence-corrected chi connectivity index (χ1v) is 9.84. The highest BCUT2D eigenvalue weighted by Gasteiger charge is 2.26. The Morgan fingerprint density at radius 1 is 1.11 bits per heavy atom. The van der Waals surface area contributed by atoms with Crippen LogP contribution in [0.4, 0.5) is 8.78 Å². The summed E-state index contributed by atoms with van der Waals surface area (Å²) >= 11 is 0. The fraction of sp³-hybridized carbons (Fsp3) is 0.222. The standard InChI is InChI=1S/C18H16F2N2O4S/c1-11(16-21-13-8-4-5-9-14(13)22(16)18(19)20)26-17(23)12-7-3-6-10-15(12)27(2,24)25/h3-11,18H,1-2H3. The van der Waals surface area contributed by atoms with Gasteiger partial charge in [0.25, 0.3) is 0 Å². The number of carbonyl (C=O) groups excluding carboxylic acids is 1. The molecule has 1 unspecified atom stereocenters. The van der Waals surface area contributed by atoms with Crippen molar-refractivity contribution in [2.45, 2.75) is 24.5 Å². The van der Waals surface area contributed by atoms with Crippen LogP contribution in [0.2, 0.25) is 0 Å². The zero-order chi connectivity index (χ0) is 19.8. The number of carbonyl (C=O) groups is 1. The maximum Gasteiger partial charge on any atom is 0.340 e. The topological polar surface area (TPSA) is 78.3 Å². The molecular weight excluding hydrogens is 378 g/mol. The monoisotopic (exact) mass is 394 g/mol. The molecule has 27 heavy (non-hydrogen) atoms. The van der Waals surface area contributed by atoms with Crippen molar-refractivity contribution in [1.82, 2.24) is 9.55 Å². The number of para-hydroxylation sites is 2.